The van der Waals surface area contributed by atoms with Gasteiger partial charge in [-0.3, -0.25) is 4.79 Å². The second-order valence-corrected chi connectivity index (χ2v) is 8.11. The average Bonchev–Trinajstić information content (AvgIpc) is 2.74. The molecule has 4 rings (SSSR count). The van der Waals surface area contributed by atoms with Gasteiger partial charge < -0.3 is 9.64 Å². The van der Waals surface area contributed by atoms with Crippen LogP contribution in [0.2, 0.25) is 10.0 Å². The fraction of sp³-hybridized carbons (Fsp3) is 0.208. The van der Waals surface area contributed by atoms with E-state index in [9.17, 15) is 4.79 Å². The number of carbonyl (C=O) groups excluding carboxylic acids is 1. The molecule has 3 nitrogen and oxygen atoms in total. The van der Waals surface area contributed by atoms with Gasteiger partial charge in [-0.25, -0.2) is 0 Å². The number of rotatable bonds is 4. The van der Waals surface area contributed by atoms with Crippen LogP contribution < -0.4 is 0 Å². The van der Waals surface area contributed by atoms with Gasteiger partial charge in [0.15, 0.2) is 0 Å². The molecule has 0 spiro atoms. The smallest absolute Gasteiger partial charge is 0.252 e. The summed E-state index contributed by atoms with van der Waals surface area (Å²) in [4.78, 5) is 15.0. The summed E-state index contributed by atoms with van der Waals surface area (Å²) in [7, 11) is 1.84. The van der Waals surface area contributed by atoms with E-state index in [0.29, 0.717) is 16.5 Å². The lowest BCUT2D eigenvalue weighted by Crippen LogP contribution is -2.49. The summed E-state index contributed by atoms with van der Waals surface area (Å²) < 4.78 is 6.43. The van der Waals surface area contributed by atoms with Gasteiger partial charge in [-0.1, -0.05) is 77.8 Å². The minimum Gasteiger partial charge on any atom is -0.358 e. The van der Waals surface area contributed by atoms with E-state index in [4.69, 9.17) is 27.9 Å². The minimum atomic E-state index is -0.549. The molecular weight excluding hydrogens is 405 g/mol. The highest BCUT2D eigenvalue weighted by Crippen LogP contribution is 2.42. The maximum absolute atomic E-state index is 13.2. The van der Waals surface area contributed by atoms with Crippen molar-refractivity contribution in [1.82, 2.24) is 4.90 Å². The van der Waals surface area contributed by atoms with Gasteiger partial charge in [0.25, 0.3) is 5.91 Å². The lowest BCUT2D eigenvalue weighted by Gasteiger charge is -2.43. The van der Waals surface area contributed by atoms with Crippen LogP contribution >= 0.6 is 23.2 Å². The number of hydrogen-bond acceptors (Lipinski definition) is 2. The topological polar surface area (TPSA) is 29.5 Å². The summed E-state index contributed by atoms with van der Waals surface area (Å²) in [6, 6.07) is 24.9. The van der Waals surface area contributed by atoms with Gasteiger partial charge in [-0.2, -0.15) is 0 Å². The number of nitrogens with zero attached hydrogens (tertiary/aromatic N) is 1. The maximum atomic E-state index is 13.2. The van der Waals surface area contributed by atoms with Gasteiger partial charge >= 0.3 is 0 Å². The first-order valence-corrected chi connectivity index (χ1v) is 10.3. The van der Waals surface area contributed by atoms with Crippen molar-refractivity contribution < 1.29 is 9.53 Å². The van der Waals surface area contributed by atoms with Crippen LogP contribution in [0, 0.1) is 0 Å². The number of carbonyl (C=O) groups is 1. The molecule has 5 heteroatoms. The second-order valence-electron chi connectivity index (χ2n) is 7.23. The molecular formula is C24H21Cl2NO2. The Morgan fingerprint density at radius 3 is 1.97 bits per heavy atom. The van der Waals surface area contributed by atoms with Gasteiger partial charge in [0.05, 0.1) is 6.04 Å². The molecule has 29 heavy (non-hydrogen) atoms. The first-order chi connectivity index (χ1) is 14.0. The molecule has 0 N–H and O–H groups in total. The highest BCUT2D eigenvalue weighted by molar-refractivity contribution is 6.30. The van der Waals surface area contributed by atoms with Gasteiger partial charge in [-0.05, 0) is 41.0 Å². The van der Waals surface area contributed by atoms with Crippen LogP contribution in [0.5, 0.6) is 0 Å². The predicted molar refractivity (Wildman–Crippen MR) is 116 cm³/mol. The van der Waals surface area contributed by atoms with Crippen molar-refractivity contribution >= 4 is 29.1 Å². The van der Waals surface area contributed by atoms with Crippen molar-refractivity contribution in [3.63, 3.8) is 0 Å². The van der Waals surface area contributed by atoms with Crippen molar-refractivity contribution in [2.24, 2.45) is 0 Å². The van der Waals surface area contributed by atoms with Crippen LogP contribution in [-0.2, 0) is 16.0 Å². The van der Waals surface area contributed by atoms with E-state index in [-0.39, 0.29) is 18.1 Å². The second kappa shape index (κ2) is 8.58. The summed E-state index contributed by atoms with van der Waals surface area (Å²) in [6.07, 6.45) is -0.335. The van der Waals surface area contributed by atoms with E-state index in [2.05, 4.69) is 0 Å². The third-order valence-corrected chi connectivity index (χ3v) is 5.82. The Morgan fingerprint density at radius 2 is 1.38 bits per heavy atom. The Morgan fingerprint density at radius 1 is 0.828 bits per heavy atom. The minimum absolute atomic E-state index is 0.0287. The van der Waals surface area contributed by atoms with Crippen LogP contribution in [-0.4, -0.2) is 24.0 Å². The zero-order valence-corrected chi connectivity index (χ0v) is 17.5. The fourth-order valence-electron chi connectivity index (χ4n) is 3.81. The number of amides is 1. The number of morpholine rings is 1. The van der Waals surface area contributed by atoms with Gasteiger partial charge in [0, 0.05) is 23.5 Å². The van der Waals surface area contributed by atoms with Crippen molar-refractivity contribution in [3.05, 3.63) is 106 Å². The van der Waals surface area contributed by atoms with Crippen LogP contribution in [0.1, 0.15) is 28.8 Å². The molecule has 1 amide bonds. The normalized spacial score (nSPS) is 22.0. The Kier molecular flexibility index (Phi) is 5.91. The molecule has 3 atom stereocenters. The molecule has 0 saturated carbocycles. The molecule has 148 valence electrons. The number of ether oxygens (including phenoxy) is 1. The Hall–Kier alpha value is -2.33. The molecule has 1 heterocycles. The molecule has 1 aliphatic rings. The summed E-state index contributed by atoms with van der Waals surface area (Å²) >= 11 is 12.2. The Bertz CT molecular complexity index is 974. The van der Waals surface area contributed by atoms with E-state index in [1.54, 1.807) is 4.90 Å². The maximum Gasteiger partial charge on any atom is 0.252 e. The number of likely N-dealkylation sites (N-methyl/N-ethyl adjacent to an activating group) is 1. The molecule has 0 bridgehead atoms. The van der Waals surface area contributed by atoms with Crippen LogP contribution in [0.3, 0.4) is 0 Å². The van der Waals surface area contributed by atoms with Crippen molar-refractivity contribution in [1.29, 1.82) is 0 Å². The quantitative estimate of drug-likeness (QED) is 0.522. The molecule has 1 unspecified atom stereocenters. The average molecular weight is 426 g/mol. The Balaban J connectivity index is 1.71. The highest BCUT2D eigenvalue weighted by atomic mass is 35.5. The van der Waals surface area contributed by atoms with Gasteiger partial charge in [0.1, 0.15) is 12.2 Å². The van der Waals surface area contributed by atoms with Crippen molar-refractivity contribution in [3.8, 4) is 0 Å². The zero-order chi connectivity index (χ0) is 20.4. The number of hydrogen-bond donors (Lipinski definition) is 0. The van der Waals surface area contributed by atoms with Gasteiger partial charge in [0.2, 0.25) is 0 Å². The van der Waals surface area contributed by atoms with E-state index in [1.165, 1.54) is 0 Å². The predicted octanol–water partition coefficient (Wildman–Crippen LogP) is 5.88. The third-order valence-electron chi connectivity index (χ3n) is 5.31. The lowest BCUT2D eigenvalue weighted by molar-refractivity contribution is -0.171. The summed E-state index contributed by atoms with van der Waals surface area (Å²) in [5.74, 6) is -0.0287. The fourth-order valence-corrected chi connectivity index (χ4v) is 4.06. The molecule has 1 fully saturated rings. The third kappa shape index (κ3) is 4.32. The van der Waals surface area contributed by atoms with E-state index in [1.807, 2.05) is 85.9 Å². The van der Waals surface area contributed by atoms with E-state index >= 15 is 0 Å². The number of halogens is 2. The van der Waals surface area contributed by atoms with Crippen LogP contribution in [0.4, 0.5) is 0 Å². The summed E-state index contributed by atoms with van der Waals surface area (Å²) in [6.45, 7) is 0. The number of benzene rings is 3. The van der Waals surface area contributed by atoms with E-state index in [0.717, 1.165) is 16.7 Å². The van der Waals surface area contributed by atoms with E-state index < -0.39 is 6.10 Å². The van der Waals surface area contributed by atoms with Crippen LogP contribution in [0.25, 0.3) is 0 Å². The monoisotopic (exact) mass is 425 g/mol. The Labute approximate surface area is 180 Å². The standard InChI is InChI=1S/C24H21Cl2NO2/c1-27-22(17-7-11-19(25)12-8-17)23(18-9-13-20(26)14-10-18)29-21(24(27)28)15-16-5-3-2-4-6-16/h2-14,21-23H,15H2,1H3/t21-,22?,23-/m1/s1. The molecule has 1 aliphatic heterocycles. The molecule has 3 aromatic rings. The highest BCUT2D eigenvalue weighted by Gasteiger charge is 2.42. The van der Waals surface area contributed by atoms with Crippen LogP contribution in [0.15, 0.2) is 78.9 Å². The molecule has 0 aliphatic carbocycles. The molecule has 0 radical (unpaired) electrons. The molecule has 3 aromatic carbocycles. The summed E-state index contributed by atoms with van der Waals surface area (Å²) in [5.41, 5.74) is 3.02. The largest absolute Gasteiger partial charge is 0.358 e. The van der Waals surface area contributed by atoms with Crippen molar-refractivity contribution in [2.75, 3.05) is 7.05 Å². The van der Waals surface area contributed by atoms with Crippen molar-refractivity contribution in [2.45, 2.75) is 24.7 Å². The lowest BCUT2D eigenvalue weighted by atomic mass is 9.91. The first-order valence-electron chi connectivity index (χ1n) is 9.50. The first kappa shape index (κ1) is 20.0. The summed E-state index contributed by atoms with van der Waals surface area (Å²) in [5, 5.41) is 1.32. The zero-order valence-electron chi connectivity index (χ0n) is 16.0. The molecule has 0 aromatic heterocycles. The SMILES string of the molecule is CN1C(=O)[C@@H](Cc2ccccc2)O[C@H](c2ccc(Cl)cc2)C1c1ccc(Cl)cc1. The van der Waals surface area contributed by atoms with Gasteiger partial charge in [-0.15, -0.1) is 0 Å². The molecule has 1 saturated heterocycles.